The Bertz CT molecular complexity index is 753. The number of nitrogens with zero attached hydrogens (tertiary/aromatic N) is 2. The van der Waals surface area contributed by atoms with Gasteiger partial charge in [0.2, 0.25) is 17.0 Å². The summed E-state index contributed by atoms with van der Waals surface area (Å²) in [4.78, 5) is 27.5. The lowest BCUT2D eigenvalue weighted by molar-refractivity contribution is -0.114. The molecule has 3 N–H and O–H groups in total. The van der Waals surface area contributed by atoms with E-state index < -0.39 is 0 Å². The molecule has 2 amide bonds. The van der Waals surface area contributed by atoms with Crippen molar-refractivity contribution in [3.63, 3.8) is 0 Å². The molecule has 8 heteroatoms. The van der Waals surface area contributed by atoms with Gasteiger partial charge in [0.15, 0.2) is 0 Å². The van der Waals surface area contributed by atoms with E-state index in [0.29, 0.717) is 22.4 Å². The van der Waals surface area contributed by atoms with Crippen molar-refractivity contribution in [2.75, 3.05) is 16.4 Å². The molecular weight excluding hydrogens is 350 g/mol. The summed E-state index contributed by atoms with van der Waals surface area (Å²) >= 11 is 1.32. The van der Waals surface area contributed by atoms with Crippen LogP contribution >= 0.6 is 11.8 Å². The van der Waals surface area contributed by atoms with Gasteiger partial charge in [-0.1, -0.05) is 37.4 Å². The maximum absolute atomic E-state index is 12.1. The van der Waals surface area contributed by atoms with Gasteiger partial charge in [0.05, 0.1) is 5.75 Å². The van der Waals surface area contributed by atoms with Crippen LogP contribution in [0.3, 0.4) is 0 Å². The number of aromatic amines is 1. The van der Waals surface area contributed by atoms with Crippen molar-refractivity contribution in [1.29, 1.82) is 0 Å². The number of benzene rings is 1. The quantitative estimate of drug-likeness (QED) is 0.647. The standard InChI is InChI=1S/C18H23N5O2S/c1-12(24)19-14-6-8-15(9-7-14)20-17(25)11-26-18-21-16(22-23-18)10-13-4-2-3-5-13/h6-9,13H,2-5,10-11H2,1H3,(H,19,24)(H,20,25)(H,21,22,23). The number of aromatic nitrogens is 3. The molecule has 2 aromatic rings. The Morgan fingerprint density at radius 3 is 2.46 bits per heavy atom. The van der Waals surface area contributed by atoms with Gasteiger partial charge in [-0.2, -0.15) is 0 Å². The van der Waals surface area contributed by atoms with Crippen LogP contribution in [0.15, 0.2) is 29.4 Å². The third kappa shape index (κ3) is 5.59. The maximum Gasteiger partial charge on any atom is 0.234 e. The van der Waals surface area contributed by atoms with Gasteiger partial charge >= 0.3 is 0 Å². The minimum absolute atomic E-state index is 0.121. The summed E-state index contributed by atoms with van der Waals surface area (Å²) in [5.74, 6) is 1.62. The van der Waals surface area contributed by atoms with E-state index in [0.717, 1.165) is 12.2 Å². The van der Waals surface area contributed by atoms with Crippen molar-refractivity contribution in [3.05, 3.63) is 30.1 Å². The Kier molecular flexibility index (Phi) is 6.27. The number of thioether (sulfide) groups is 1. The first-order chi connectivity index (χ1) is 12.6. The molecule has 1 aromatic heterocycles. The lowest BCUT2D eigenvalue weighted by Crippen LogP contribution is -2.14. The van der Waals surface area contributed by atoms with Crippen molar-refractivity contribution < 1.29 is 9.59 Å². The van der Waals surface area contributed by atoms with Crippen molar-refractivity contribution in [3.8, 4) is 0 Å². The molecule has 1 aromatic carbocycles. The first-order valence-corrected chi connectivity index (χ1v) is 9.78. The number of carbonyl (C=O) groups is 2. The Balaban J connectivity index is 1.43. The molecule has 0 bridgehead atoms. The highest BCUT2D eigenvalue weighted by atomic mass is 32.2. The molecule has 0 saturated heterocycles. The molecule has 0 radical (unpaired) electrons. The van der Waals surface area contributed by atoms with E-state index in [2.05, 4.69) is 25.8 Å². The fraction of sp³-hybridized carbons (Fsp3) is 0.444. The van der Waals surface area contributed by atoms with Gasteiger partial charge in [-0.15, -0.1) is 5.10 Å². The lowest BCUT2D eigenvalue weighted by Gasteiger charge is -2.06. The van der Waals surface area contributed by atoms with Crippen LogP contribution < -0.4 is 10.6 Å². The molecule has 0 unspecified atom stereocenters. The van der Waals surface area contributed by atoms with Crippen molar-refractivity contribution in [2.45, 2.75) is 44.2 Å². The van der Waals surface area contributed by atoms with E-state index in [1.807, 2.05) is 0 Å². The molecule has 1 aliphatic rings. The zero-order chi connectivity index (χ0) is 18.4. The van der Waals surface area contributed by atoms with Crippen molar-refractivity contribution in [1.82, 2.24) is 15.2 Å². The summed E-state index contributed by atoms with van der Waals surface area (Å²) in [5, 5.41) is 13.3. The van der Waals surface area contributed by atoms with Crippen LogP contribution in [0.25, 0.3) is 0 Å². The van der Waals surface area contributed by atoms with Crippen LogP contribution in [0.5, 0.6) is 0 Å². The van der Waals surface area contributed by atoms with E-state index in [4.69, 9.17) is 0 Å². The normalized spacial score (nSPS) is 14.3. The van der Waals surface area contributed by atoms with Crippen LogP contribution in [0.4, 0.5) is 11.4 Å². The van der Waals surface area contributed by atoms with Gasteiger partial charge in [-0.25, -0.2) is 4.98 Å². The molecule has 138 valence electrons. The van der Waals surface area contributed by atoms with Gasteiger partial charge in [-0.3, -0.25) is 14.7 Å². The number of rotatable bonds is 7. The Morgan fingerprint density at radius 1 is 1.15 bits per heavy atom. The number of carbonyl (C=O) groups excluding carboxylic acids is 2. The second-order valence-electron chi connectivity index (χ2n) is 6.51. The molecule has 1 heterocycles. The first kappa shape index (κ1) is 18.4. The summed E-state index contributed by atoms with van der Waals surface area (Å²) in [6.45, 7) is 1.45. The topological polar surface area (TPSA) is 99.8 Å². The average molecular weight is 373 g/mol. The second-order valence-corrected chi connectivity index (χ2v) is 7.46. The number of hydrogen-bond donors (Lipinski definition) is 3. The van der Waals surface area contributed by atoms with Gasteiger partial charge in [0, 0.05) is 24.7 Å². The Labute approximate surface area is 156 Å². The molecule has 3 rings (SSSR count). The predicted molar refractivity (Wildman–Crippen MR) is 102 cm³/mol. The molecular formula is C18H23N5O2S. The summed E-state index contributed by atoms with van der Waals surface area (Å²) in [6, 6.07) is 6.99. The van der Waals surface area contributed by atoms with Gasteiger partial charge < -0.3 is 10.6 Å². The fourth-order valence-electron chi connectivity index (χ4n) is 3.09. The molecule has 0 atom stereocenters. The smallest absolute Gasteiger partial charge is 0.234 e. The van der Waals surface area contributed by atoms with Crippen molar-refractivity contribution in [2.24, 2.45) is 5.92 Å². The minimum atomic E-state index is -0.128. The highest BCUT2D eigenvalue weighted by molar-refractivity contribution is 7.99. The highest BCUT2D eigenvalue weighted by Gasteiger charge is 2.17. The van der Waals surface area contributed by atoms with Gasteiger partial charge in [-0.05, 0) is 30.2 Å². The predicted octanol–water partition coefficient (Wildman–Crippen LogP) is 3.23. The van der Waals surface area contributed by atoms with Crippen LogP contribution in [-0.2, 0) is 16.0 Å². The number of amides is 2. The fourth-order valence-corrected chi connectivity index (χ4v) is 3.71. The third-order valence-electron chi connectivity index (χ3n) is 4.29. The Hall–Kier alpha value is -2.35. The Morgan fingerprint density at radius 2 is 1.81 bits per heavy atom. The molecule has 1 aliphatic carbocycles. The molecule has 26 heavy (non-hydrogen) atoms. The van der Waals surface area contributed by atoms with Crippen LogP contribution in [-0.4, -0.2) is 32.7 Å². The molecule has 1 saturated carbocycles. The van der Waals surface area contributed by atoms with Crippen molar-refractivity contribution >= 4 is 35.0 Å². The van der Waals surface area contributed by atoms with Crippen LogP contribution in [0.1, 0.15) is 38.4 Å². The molecule has 7 nitrogen and oxygen atoms in total. The van der Waals surface area contributed by atoms with E-state index >= 15 is 0 Å². The van der Waals surface area contributed by atoms with E-state index in [1.54, 1.807) is 24.3 Å². The summed E-state index contributed by atoms with van der Waals surface area (Å²) in [5.41, 5.74) is 1.38. The maximum atomic E-state index is 12.1. The SMILES string of the molecule is CC(=O)Nc1ccc(NC(=O)CSc2n[nH]c(CC3CCCC3)n2)cc1. The zero-order valence-electron chi connectivity index (χ0n) is 14.7. The third-order valence-corrected chi connectivity index (χ3v) is 5.14. The monoisotopic (exact) mass is 373 g/mol. The van der Waals surface area contributed by atoms with Gasteiger partial charge in [0.1, 0.15) is 5.82 Å². The molecule has 1 fully saturated rings. The summed E-state index contributed by atoms with van der Waals surface area (Å²) in [7, 11) is 0. The number of H-pyrrole nitrogens is 1. The first-order valence-electron chi connectivity index (χ1n) is 8.80. The summed E-state index contributed by atoms with van der Waals surface area (Å²) < 4.78 is 0. The molecule has 0 spiro atoms. The number of nitrogens with one attached hydrogen (secondary N) is 3. The molecule has 0 aliphatic heterocycles. The van der Waals surface area contributed by atoms with Crippen LogP contribution in [0, 0.1) is 5.92 Å². The second kappa shape index (κ2) is 8.84. The van der Waals surface area contributed by atoms with Gasteiger partial charge in [0.25, 0.3) is 0 Å². The van der Waals surface area contributed by atoms with E-state index in [9.17, 15) is 9.59 Å². The lowest BCUT2D eigenvalue weighted by atomic mass is 10.0. The number of hydrogen-bond acceptors (Lipinski definition) is 5. The largest absolute Gasteiger partial charge is 0.326 e. The average Bonchev–Trinajstić information content (AvgIpc) is 3.27. The van der Waals surface area contributed by atoms with Crippen LogP contribution in [0.2, 0.25) is 0 Å². The number of anilines is 2. The highest BCUT2D eigenvalue weighted by Crippen LogP contribution is 2.27. The van der Waals surface area contributed by atoms with E-state index in [-0.39, 0.29) is 17.6 Å². The summed E-state index contributed by atoms with van der Waals surface area (Å²) in [6.07, 6.45) is 6.11. The minimum Gasteiger partial charge on any atom is -0.326 e. The zero-order valence-corrected chi connectivity index (χ0v) is 15.6. The van der Waals surface area contributed by atoms with E-state index in [1.165, 1.54) is 44.4 Å².